The van der Waals surface area contributed by atoms with Crippen LogP contribution in [0.4, 0.5) is 0 Å². The minimum absolute atomic E-state index is 0.231. The van der Waals surface area contributed by atoms with Crippen LogP contribution in [0.1, 0.15) is 83.5 Å². The molecule has 0 bridgehead atoms. The lowest BCUT2D eigenvalue weighted by molar-refractivity contribution is 0.278. The van der Waals surface area contributed by atoms with Crippen molar-refractivity contribution in [3.63, 3.8) is 0 Å². The Morgan fingerprint density at radius 1 is 0.750 bits per heavy atom. The van der Waals surface area contributed by atoms with Crippen molar-refractivity contribution in [2.45, 2.75) is 94.4 Å². The lowest BCUT2D eigenvalue weighted by Gasteiger charge is -2.39. The van der Waals surface area contributed by atoms with E-state index in [1.165, 1.54) is 44.9 Å². The van der Waals surface area contributed by atoms with Crippen LogP contribution in [0.25, 0.3) is 0 Å². The highest BCUT2D eigenvalue weighted by Crippen LogP contribution is 2.47. The van der Waals surface area contributed by atoms with Gasteiger partial charge in [0.05, 0.1) is 6.04 Å². The van der Waals surface area contributed by atoms with Crippen LogP contribution in [0.3, 0.4) is 0 Å². The maximum atomic E-state index is 11.3. The number of rotatable bonds is 3. The molecule has 1 saturated heterocycles. The van der Waals surface area contributed by atoms with Gasteiger partial charge in [0.15, 0.2) is 0 Å². The molecule has 1 aliphatic heterocycles. The molecule has 134 valence electrons. The number of hydrogen-bond donors (Lipinski definition) is 0. The molecule has 1 heterocycles. The Hall–Kier alpha value is -0.890. The largest absolute Gasteiger partial charge is 0.236 e. The molecule has 1 aliphatic carbocycles. The standard InChI is InChI=1S/C19H30N2O2S/c22-15-20-18-13-9-5-6-10-14-24-19(18,21-16-23)17-11-7-3-1-2-4-8-12-17/h17-18H,1-14H2. The minimum atomic E-state index is -0.603. The summed E-state index contributed by atoms with van der Waals surface area (Å²) in [5.41, 5.74) is 0. The highest BCUT2D eigenvalue weighted by Gasteiger charge is 2.46. The third-order valence-corrected chi connectivity index (χ3v) is 7.20. The molecule has 0 aromatic carbocycles. The van der Waals surface area contributed by atoms with E-state index in [1.807, 2.05) is 6.08 Å². The molecule has 0 radical (unpaired) electrons. The van der Waals surface area contributed by atoms with E-state index in [2.05, 4.69) is 9.98 Å². The molecular weight excluding hydrogens is 320 g/mol. The van der Waals surface area contributed by atoms with Gasteiger partial charge in [0, 0.05) is 0 Å². The molecule has 1 saturated carbocycles. The molecule has 0 amide bonds. The first-order valence-electron chi connectivity index (χ1n) is 9.63. The van der Waals surface area contributed by atoms with Crippen molar-refractivity contribution in [1.29, 1.82) is 0 Å². The molecule has 2 aliphatic rings. The monoisotopic (exact) mass is 350 g/mol. The second-order valence-electron chi connectivity index (χ2n) is 7.14. The normalized spacial score (nSPS) is 30.9. The van der Waals surface area contributed by atoms with Crippen molar-refractivity contribution >= 4 is 23.9 Å². The van der Waals surface area contributed by atoms with Crippen molar-refractivity contribution in [2.75, 3.05) is 5.75 Å². The molecule has 0 aromatic rings. The molecule has 2 unspecified atom stereocenters. The van der Waals surface area contributed by atoms with E-state index in [0.29, 0.717) is 5.92 Å². The van der Waals surface area contributed by atoms with Crippen LogP contribution in [-0.4, -0.2) is 28.8 Å². The summed E-state index contributed by atoms with van der Waals surface area (Å²) in [6.45, 7) is 0. The first kappa shape index (κ1) is 19.4. The summed E-state index contributed by atoms with van der Waals surface area (Å²) >= 11 is 1.76. The van der Waals surface area contributed by atoms with E-state index in [0.717, 1.165) is 44.3 Å². The van der Waals surface area contributed by atoms with Gasteiger partial charge in [0.25, 0.3) is 0 Å². The van der Waals surface area contributed by atoms with E-state index in [1.54, 1.807) is 17.8 Å². The highest BCUT2D eigenvalue weighted by atomic mass is 32.2. The van der Waals surface area contributed by atoms with Gasteiger partial charge in [-0.2, -0.15) is 9.98 Å². The van der Waals surface area contributed by atoms with Crippen molar-refractivity contribution in [3.05, 3.63) is 0 Å². The van der Waals surface area contributed by atoms with Crippen molar-refractivity contribution < 1.29 is 9.59 Å². The molecular formula is C19H30N2O2S. The van der Waals surface area contributed by atoms with E-state index in [4.69, 9.17) is 0 Å². The Balaban J connectivity index is 2.35. The van der Waals surface area contributed by atoms with E-state index in [-0.39, 0.29) is 6.04 Å². The Morgan fingerprint density at radius 3 is 1.96 bits per heavy atom. The summed E-state index contributed by atoms with van der Waals surface area (Å²) < 4.78 is 0. The molecule has 0 N–H and O–H groups in total. The predicted molar refractivity (Wildman–Crippen MR) is 98.7 cm³/mol. The van der Waals surface area contributed by atoms with Crippen LogP contribution in [-0.2, 0) is 9.59 Å². The lowest BCUT2D eigenvalue weighted by Crippen LogP contribution is -2.44. The summed E-state index contributed by atoms with van der Waals surface area (Å²) in [6.07, 6.45) is 18.6. The fourth-order valence-electron chi connectivity index (χ4n) is 4.26. The Kier molecular flexibility index (Phi) is 8.80. The summed E-state index contributed by atoms with van der Waals surface area (Å²) in [5.74, 6) is 1.29. The SMILES string of the molecule is O=C=NC1CCCCCCSC1(N=C=O)C1CCCCCCCC1. The van der Waals surface area contributed by atoms with Gasteiger partial charge in [-0.3, -0.25) is 0 Å². The summed E-state index contributed by atoms with van der Waals surface area (Å²) in [7, 11) is 0. The van der Waals surface area contributed by atoms with E-state index in [9.17, 15) is 9.59 Å². The maximum absolute atomic E-state index is 11.3. The third-order valence-electron chi connectivity index (χ3n) is 5.55. The average molecular weight is 351 g/mol. The minimum Gasteiger partial charge on any atom is -0.211 e. The van der Waals surface area contributed by atoms with Crippen LogP contribution in [0.2, 0.25) is 0 Å². The molecule has 2 rings (SSSR count). The average Bonchev–Trinajstić information content (AvgIpc) is 2.78. The van der Waals surface area contributed by atoms with Gasteiger partial charge >= 0.3 is 0 Å². The summed E-state index contributed by atoms with van der Waals surface area (Å²) in [4.78, 5) is 30.3. The third kappa shape index (κ3) is 5.31. The molecule has 4 nitrogen and oxygen atoms in total. The predicted octanol–water partition coefficient (Wildman–Crippen LogP) is 5.17. The van der Waals surface area contributed by atoms with Crippen LogP contribution in [0, 0.1) is 5.92 Å². The first-order valence-corrected chi connectivity index (χ1v) is 10.6. The van der Waals surface area contributed by atoms with Gasteiger partial charge in [0.1, 0.15) is 4.87 Å². The second-order valence-corrected chi connectivity index (χ2v) is 8.49. The van der Waals surface area contributed by atoms with Crippen molar-refractivity contribution in [1.82, 2.24) is 0 Å². The molecule has 24 heavy (non-hydrogen) atoms. The van der Waals surface area contributed by atoms with Gasteiger partial charge in [-0.15, -0.1) is 11.8 Å². The molecule has 0 aromatic heterocycles. The summed E-state index contributed by atoms with van der Waals surface area (Å²) in [6, 6.07) is -0.231. The van der Waals surface area contributed by atoms with Gasteiger partial charge < -0.3 is 0 Å². The zero-order valence-corrected chi connectivity index (χ0v) is 15.5. The van der Waals surface area contributed by atoms with Crippen LogP contribution < -0.4 is 0 Å². The molecule has 5 heteroatoms. The Morgan fingerprint density at radius 2 is 1.33 bits per heavy atom. The van der Waals surface area contributed by atoms with Crippen molar-refractivity contribution in [3.8, 4) is 0 Å². The topological polar surface area (TPSA) is 58.9 Å². The zero-order valence-electron chi connectivity index (χ0n) is 14.7. The lowest BCUT2D eigenvalue weighted by atomic mass is 9.83. The molecule has 2 fully saturated rings. The van der Waals surface area contributed by atoms with Crippen molar-refractivity contribution in [2.24, 2.45) is 15.9 Å². The number of hydrogen-bond acceptors (Lipinski definition) is 5. The van der Waals surface area contributed by atoms with Gasteiger partial charge in [-0.25, -0.2) is 9.59 Å². The second kappa shape index (κ2) is 10.9. The first-order chi connectivity index (χ1) is 11.8. The fraction of sp³-hybridized carbons (Fsp3) is 0.895. The zero-order chi connectivity index (χ0) is 17.1. The van der Waals surface area contributed by atoms with Crippen LogP contribution >= 0.6 is 11.8 Å². The fourth-order valence-corrected chi connectivity index (χ4v) is 5.87. The Bertz CT molecular complexity index is 462. The van der Waals surface area contributed by atoms with Crippen LogP contribution in [0.5, 0.6) is 0 Å². The smallest absolute Gasteiger partial charge is 0.211 e. The van der Waals surface area contributed by atoms with Gasteiger partial charge in [-0.1, -0.05) is 57.8 Å². The summed E-state index contributed by atoms with van der Waals surface area (Å²) in [5, 5.41) is 0. The molecule has 0 spiro atoms. The highest BCUT2D eigenvalue weighted by molar-refractivity contribution is 8.00. The molecule has 2 atom stereocenters. The van der Waals surface area contributed by atoms with Crippen LogP contribution in [0.15, 0.2) is 9.98 Å². The van der Waals surface area contributed by atoms with E-state index < -0.39 is 4.87 Å². The number of nitrogens with zero attached hydrogens (tertiary/aromatic N) is 2. The maximum Gasteiger partial charge on any atom is 0.236 e. The number of carbonyl (C=O) groups excluding carboxylic acids is 2. The number of isocyanates is 2. The quantitative estimate of drug-likeness (QED) is 0.521. The number of aliphatic imine (C=N–C) groups is 2. The van der Waals surface area contributed by atoms with E-state index >= 15 is 0 Å². The van der Waals surface area contributed by atoms with Gasteiger partial charge in [0.2, 0.25) is 12.2 Å². The number of thioether (sulfide) groups is 1. The van der Waals surface area contributed by atoms with Gasteiger partial charge in [-0.05, 0) is 37.4 Å². The Labute approximate surface area is 150 Å².